The third-order valence-electron chi connectivity index (χ3n) is 8.96. The van der Waals surface area contributed by atoms with Crippen LogP contribution in [0.1, 0.15) is 55.3 Å². The van der Waals surface area contributed by atoms with Crippen molar-refractivity contribution in [2.45, 2.75) is 51.0 Å². The molecule has 0 aromatic heterocycles. The first-order valence-corrected chi connectivity index (χ1v) is 17.6. The lowest BCUT2D eigenvalue weighted by Crippen LogP contribution is -2.42. The molecule has 3 aromatic carbocycles. The summed E-state index contributed by atoms with van der Waals surface area (Å²) >= 11 is 0. The zero-order valence-electron chi connectivity index (χ0n) is 29.7. The first kappa shape index (κ1) is 38.1. The molecule has 50 heavy (non-hydrogen) atoms. The first-order chi connectivity index (χ1) is 24.2. The number of likely N-dealkylation sites (tertiary alicyclic amines) is 1. The van der Waals surface area contributed by atoms with Gasteiger partial charge in [0.25, 0.3) is 5.91 Å². The van der Waals surface area contributed by atoms with Crippen molar-refractivity contribution in [3.05, 3.63) is 84.4 Å². The Morgan fingerprint density at radius 1 is 0.780 bits per heavy atom. The van der Waals surface area contributed by atoms with Crippen molar-refractivity contribution >= 4 is 35.2 Å². The molecule has 1 heterocycles. The van der Waals surface area contributed by atoms with Gasteiger partial charge >= 0.3 is 6.09 Å². The SMILES string of the molecule is CNCCCN(C)C(=O)c1ccc(NC(=O)CCCCC(=O)N(C)CCN2CCC(OC(=O)Nc3ccccc3-c3ccccc3)CC2)cc1. The highest BCUT2D eigenvalue weighted by Gasteiger charge is 2.23. The van der Waals surface area contributed by atoms with Gasteiger partial charge in [0.05, 0.1) is 5.69 Å². The van der Waals surface area contributed by atoms with Crippen molar-refractivity contribution in [1.82, 2.24) is 20.0 Å². The Balaban J connectivity index is 1.06. The molecule has 268 valence electrons. The smallest absolute Gasteiger partial charge is 0.411 e. The van der Waals surface area contributed by atoms with Crippen molar-refractivity contribution in [2.75, 3.05) is 71.0 Å². The second-order valence-corrected chi connectivity index (χ2v) is 12.8. The molecule has 3 aromatic rings. The Kier molecular flexibility index (Phi) is 15.3. The summed E-state index contributed by atoms with van der Waals surface area (Å²) in [6.45, 7) is 4.48. The Labute approximate surface area is 296 Å². The van der Waals surface area contributed by atoms with Crippen LogP contribution >= 0.6 is 0 Å². The fourth-order valence-electron chi connectivity index (χ4n) is 5.91. The molecule has 0 saturated carbocycles. The van der Waals surface area contributed by atoms with E-state index >= 15 is 0 Å². The van der Waals surface area contributed by atoms with E-state index in [0.717, 1.165) is 56.6 Å². The standard InChI is InChI=1S/C39H52N6O5/c1-40-24-11-25-44(3)38(48)31-18-20-32(21-19-31)41-36(46)16-9-10-17-37(47)43(2)28-29-45-26-22-33(23-27-45)50-39(49)42-35-15-8-7-14-34(35)30-12-5-4-6-13-30/h4-8,12-15,18-21,33,40H,9-11,16-17,22-29H2,1-3H3,(H,41,46)(H,42,49). The minimum atomic E-state index is -0.448. The topological polar surface area (TPSA) is 123 Å². The number of nitrogens with zero attached hydrogens (tertiary/aromatic N) is 3. The van der Waals surface area contributed by atoms with Crippen LogP contribution in [0.5, 0.6) is 0 Å². The van der Waals surface area contributed by atoms with Crippen LogP contribution in [0.25, 0.3) is 11.1 Å². The highest BCUT2D eigenvalue weighted by molar-refractivity contribution is 5.96. The molecule has 0 spiro atoms. The molecule has 4 amide bonds. The largest absolute Gasteiger partial charge is 0.446 e. The molecule has 0 bridgehead atoms. The summed E-state index contributed by atoms with van der Waals surface area (Å²) in [5.41, 5.74) is 3.91. The number of amides is 4. The number of nitrogens with one attached hydrogen (secondary N) is 3. The maximum atomic E-state index is 12.7. The maximum Gasteiger partial charge on any atom is 0.411 e. The molecule has 11 heteroatoms. The van der Waals surface area contributed by atoms with Crippen LogP contribution < -0.4 is 16.0 Å². The predicted octanol–water partition coefficient (Wildman–Crippen LogP) is 5.71. The fourth-order valence-corrected chi connectivity index (χ4v) is 5.91. The Morgan fingerprint density at radius 2 is 1.46 bits per heavy atom. The Bertz CT molecular complexity index is 1530. The number of rotatable bonds is 17. The van der Waals surface area contributed by atoms with Crippen molar-refractivity contribution < 1.29 is 23.9 Å². The number of hydrogen-bond donors (Lipinski definition) is 3. The summed E-state index contributed by atoms with van der Waals surface area (Å²) in [5, 5.41) is 8.87. The van der Waals surface area contributed by atoms with E-state index in [1.165, 1.54) is 0 Å². The van der Waals surface area contributed by atoms with Gasteiger partial charge < -0.3 is 30.1 Å². The summed E-state index contributed by atoms with van der Waals surface area (Å²) in [5.74, 6) is -0.102. The molecule has 0 aliphatic carbocycles. The van der Waals surface area contributed by atoms with Crippen LogP contribution in [-0.4, -0.2) is 105 Å². The second-order valence-electron chi connectivity index (χ2n) is 12.8. The predicted molar refractivity (Wildman–Crippen MR) is 198 cm³/mol. The maximum absolute atomic E-state index is 12.7. The van der Waals surface area contributed by atoms with Crippen molar-refractivity contribution in [2.24, 2.45) is 0 Å². The van der Waals surface area contributed by atoms with Gasteiger partial charge in [-0.3, -0.25) is 19.7 Å². The van der Waals surface area contributed by atoms with Crippen molar-refractivity contribution in [1.29, 1.82) is 0 Å². The van der Waals surface area contributed by atoms with Crippen LogP contribution in [0, 0.1) is 0 Å². The lowest BCUT2D eigenvalue weighted by molar-refractivity contribution is -0.130. The van der Waals surface area contributed by atoms with E-state index in [2.05, 4.69) is 20.9 Å². The van der Waals surface area contributed by atoms with E-state index in [-0.39, 0.29) is 23.8 Å². The molecule has 1 aliphatic heterocycles. The number of hydrogen-bond acceptors (Lipinski definition) is 7. The summed E-state index contributed by atoms with van der Waals surface area (Å²) in [6.07, 6.45) is 3.71. The molecule has 11 nitrogen and oxygen atoms in total. The van der Waals surface area contributed by atoms with Crippen LogP contribution in [0.3, 0.4) is 0 Å². The van der Waals surface area contributed by atoms with Gasteiger partial charge in [-0.15, -0.1) is 0 Å². The highest BCUT2D eigenvalue weighted by Crippen LogP contribution is 2.28. The van der Waals surface area contributed by atoms with E-state index in [1.54, 1.807) is 41.1 Å². The number of carbonyl (C=O) groups is 4. The van der Waals surface area contributed by atoms with E-state index in [4.69, 9.17) is 4.74 Å². The summed E-state index contributed by atoms with van der Waals surface area (Å²) in [4.78, 5) is 56.2. The minimum Gasteiger partial charge on any atom is -0.446 e. The third kappa shape index (κ3) is 12.3. The highest BCUT2D eigenvalue weighted by atomic mass is 16.6. The third-order valence-corrected chi connectivity index (χ3v) is 8.96. The summed E-state index contributed by atoms with van der Waals surface area (Å²) in [6, 6.07) is 24.6. The van der Waals surface area contributed by atoms with Gasteiger partial charge in [0.15, 0.2) is 0 Å². The quantitative estimate of drug-likeness (QED) is 0.156. The van der Waals surface area contributed by atoms with E-state index in [1.807, 2.05) is 68.7 Å². The van der Waals surface area contributed by atoms with E-state index < -0.39 is 6.09 Å². The lowest BCUT2D eigenvalue weighted by Gasteiger charge is -2.32. The minimum absolute atomic E-state index is 0.0495. The second kappa shape index (κ2) is 20.1. The zero-order valence-corrected chi connectivity index (χ0v) is 29.7. The number of anilines is 2. The number of ether oxygens (including phenoxy) is 1. The first-order valence-electron chi connectivity index (χ1n) is 17.6. The number of likely N-dealkylation sites (N-methyl/N-ethyl adjacent to an activating group) is 1. The van der Waals surface area contributed by atoms with E-state index in [9.17, 15) is 19.2 Å². The Morgan fingerprint density at radius 3 is 2.18 bits per heavy atom. The molecular formula is C39H52N6O5. The average Bonchev–Trinajstić information content (AvgIpc) is 3.13. The van der Waals surface area contributed by atoms with Crippen LogP contribution in [0.2, 0.25) is 0 Å². The van der Waals surface area contributed by atoms with Gasteiger partial charge in [-0.05, 0) is 81.6 Å². The molecular weight excluding hydrogens is 632 g/mol. The van der Waals surface area contributed by atoms with Gasteiger partial charge in [-0.2, -0.15) is 0 Å². The number of unbranched alkanes of at least 4 members (excludes halogenated alkanes) is 1. The number of carbonyl (C=O) groups excluding carboxylic acids is 4. The molecule has 1 aliphatic rings. The molecule has 0 atom stereocenters. The average molecular weight is 685 g/mol. The van der Waals surface area contributed by atoms with Crippen molar-refractivity contribution in [3.8, 4) is 11.1 Å². The molecule has 1 fully saturated rings. The van der Waals surface area contributed by atoms with Crippen molar-refractivity contribution in [3.63, 3.8) is 0 Å². The van der Waals surface area contributed by atoms with Crippen LogP contribution in [0.4, 0.5) is 16.2 Å². The summed E-state index contributed by atoms with van der Waals surface area (Å²) in [7, 11) is 5.49. The molecule has 1 saturated heterocycles. The summed E-state index contributed by atoms with van der Waals surface area (Å²) < 4.78 is 5.75. The van der Waals surface area contributed by atoms with Gasteiger partial charge in [0.1, 0.15) is 6.10 Å². The lowest BCUT2D eigenvalue weighted by atomic mass is 10.0. The van der Waals surface area contributed by atoms with E-state index in [0.29, 0.717) is 55.7 Å². The number of benzene rings is 3. The molecule has 4 rings (SSSR count). The van der Waals surface area contributed by atoms with Crippen LogP contribution in [0.15, 0.2) is 78.9 Å². The van der Waals surface area contributed by atoms with Crippen LogP contribution in [-0.2, 0) is 14.3 Å². The van der Waals surface area contributed by atoms with Gasteiger partial charge in [-0.25, -0.2) is 4.79 Å². The molecule has 0 unspecified atom stereocenters. The number of piperidine rings is 1. The van der Waals surface area contributed by atoms with Gasteiger partial charge in [0.2, 0.25) is 11.8 Å². The molecule has 3 N–H and O–H groups in total. The fraction of sp³-hybridized carbons (Fsp3) is 0.436. The Hall–Kier alpha value is -4.74. The zero-order chi connectivity index (χ0) is 35.7. The van der Waals surface area contributed by atoms with Gasteiger partial charge in [-0.1, -0.05) is 48.5 Å². The normalized spacial score (nSPS) is 13.3. The molecule has 0 radical (unpaired) electrons. The van der Waals surface area contributed by atoms with Gasteiger partial charge in [0, 0.05) is 76.5 Å². The monoisotopic (exact) mass is 684 g/mol. The number of para-hydroxylation sites is 1.